The van der Waals surface area contributed by atoms with Crippen LogP contribution in [-0.2, 0) is 6.54 Å². The zero-order valence-electron chi connectivity index (χ0n) is 12.9. The van der Waals surface area contributed by atoms with E-state index in [4.69, 9.17) is 10.5 Å². The summed E-state index contributed by atoms with van der Waals surface area (Å²) in [5.41, 5.74) is 7.42. The molecule has 1 atom stereocenters. The van der Waals surface area contributed by atoms with Gasteiger partial charge in [-0.25, -0.2) is 0 Å². The molecular formula is C15H23F3N2O. The van der Waals surface area contributed by atoms with Crippen LogP contribution >= 0.6 is 0 Å². The van der Waals surface area contributed by atoms with Crippen LogP contribution in [0.2, 0.25) is 0 Å². The molecule has 0 heterocycles. The molecule has 0 saturated carbocycles. The van der Waals surface area contributed by atoms with Gasteiger partial charge in [0.25, 0.3) is 0 Å². The van der Waals surface area contributed by atoms with Crippen molar-refractivity contribution in [3.63, 3.8) is 0 Å². The van der Waals surface area contributed by atoms with E-state index in [9.17, 15) is 13.2 Å². The van der Waals surface area contributed by atoms with Crippen molar-refractivity contribution < 1.29 is 17.9 Å². The zero-order chi connectivity index (χ0) is 16.2. The van der Waals surface area contributed by atoms with E-state index in [-0.39, 0.29) is 18.6 Å². The van der Waals surface area contributed by atoms with E-state index >= 15 is 0 Å². The van der Waals surface area contributed by atoms with E-state index in [1.165, 1.54) is 12.0 Å². The lowest BCUT2D eigenvalue weighted by atomic mass is 10.0. The van der Waals surface area contributed by atoms with Gasteiger partial charge in [0.1, 0.15) is 5.75 Å². The molecule has 1 rings (SSSR count). The van der Waals surface area contributed by atoms with Crippen LogP contribution in [0, 0.1) is 0 Å². The van der Waals surface area contributed by atoms with Crippen LogP contribution in [0.4, 0.5) is 13.2 Å². The van der Waals surface area contributed by atoms with Crippen molar-refractivity contribution in [2.24, 2.45) is 5.73 Å². The first kappa shape index (κ1) is 17.8. The molecule has 1 aromatic rings. The number of nitrogens with zero attached hydrogens (tertiary/aromatic N) is 1. The minimum Gasteiger partial charge on any atom is -0.496 e. The number of benzene rings is 1. The van der Waals surface area contributed by atoms with Crippen LogP contribution < -0.4 is 10.5 Å². The third-order valence-electron chi connectivity index (χ3n) is 3.32. The number of hydrogen-bond donors (Lipinski definition) is 1. The Morgan fingerprint density at radius 2 is 1.86 bits per heavy atom. The molecule has 1 aromatic carbocycles. The molecule has 0 amide bonds. The quantitative estimate of drug-likeness (QED) is 0.874. The van der Waals surface area contributed by atoms with Gasteiger partial charge in [0.2, 0.25) is 0 Å². The second-order valence-corrected chi connectivity index (χ2v) is 5.47. The van der Waals surface area contributed by atoms with Gasteiger partial charge < -0.3 is 10.5 Å². The highest BCUT2D eigenvalue weighted by Gasteiger charge is 2.32. The smallest absolute Gasteiger partial charge is 0.401 e. The fourth-order valence-electron chi connectivity index (χ4n) is 2.08. The van der Waals surface area contributed by atoms with Gasteiger partial charge in [-0.05, 0) is 38.5 Å². The molecule has 3 nitrogen and oxygen atoms in total. The summed E-state index contributed by atoms with van der Waals surface area (Å²) in [6.07, 6.45) is -4.23. The van der Waals surface area contributed by atoms with E-state index in [2.05, 4.69) is 0 Å². The van der Waals surface area contributed by atoms with Crippen molar-refractivity contribution in [1.82, 2.24) is 4.90 Å². The molecule has 0 fully saturated rings. The minimum absolute atomic E-state index is 0.168. The minimum atomic E-state index is -4.23. The fraction of sp³-hybridized carbons (Fsp3) is 0.600. The van der Waals surface area contributed by atoms with Crippen LogP contribution in [-0.4, -0.2) is 30.8 Å². The number of rotatable bonds is 6. The Bertz CT molecular complexity index is 459. The number of hydrogen-bond acceptors (Lipinski definition) is 3. The van der Waals surface area contributed by atoms with Crippen molar-refractivity contribution in [3.05, 3.63) is 29.3 Å². The maximum Gasteiger partial charge on any atom is 0.401 e. The number of nitrogens with two attached hydrogens (primary N) is 1. The van der Waals surface area contributed by atoms with Crippen LogP contribution in [0.3, 0.4) is 0 Å². The predicted molar refractivity (Wildman–Crippen MR) is 77.2 cm³/mol. The lowest BCUT2D eigenvalue weighted by molar-refractivity contribution is -0.150. The largest absolute Gasteiger partial charge is 0.496 e. The summed E-state index contributed by atoms with van der Waals surface area (Å²) in [7, 11) is 1.51. The Labute approximate surface area is 123 Å². The SMILES string of the molecule is COc1ccc(C(C)N)cc1CN(CC(F)(F)F)C(C)C. The van der Waals surface area contributed by atoms with Gasteiger partial charge in [0.15, 0.2) is 0 Å². The molecule has 1 unspecified atom stereocenters. The normalized spacial score (nSPS) is 13.8. The zero-order valence-corrected chi connectivity index (χ0v) is 12.9. The van der Waals surface area contributed by atoms with E-state index < -0.39 is 12.7 Å². The summed E-state index contributed by atoms with van der Waals surface area (Å²) < 4.78 is 43.2. The van der Waals surface area contributed by atoms with Gasteiger partial charge in [-0.1, -0.05) is 6.07 Å². The van der Waals surface area contributed by atoms with Crippen LogP contribution in [0.25, 0.3) is 0 Å². The number of alkyl halides is 3. The maximum atomic E-state index is 12.7. The van der Waals surface area contributed by atoms with Gasteiger partial charge >= 0.3 is 6.18 Å². The van der Waals surface area contributed by atoms with Crippen LogP contribution in [0.15, 0.2) is 18.2 Å². The summed E-state index contributed by atoms with van der Waals surface area (Å²) >= 11 is 0. The molecular weight excluding hydrogens is 281 g/mol. The first-order valence-corrected chi connectivity index (χ1v) is 6.87. The Kier molecular flexibility index (Phi) is 6.04. The molecule has 0 saturated heterocycles. The van der Waals surface area contributed by atoms with Crippen LogP contribution in [0.1, 0.15) is 37.9 Å². The average Bonchev–Trinajstić information content (AvgIpc) is 2.36. The van der Waals surface area contributed by atoms with E-state index in [1.807, 2.05) is 19.1 Å². The Morgan fingerprint density at radius 3 is 2.29 bits per heavy atom. The summed E-state index contributed by atoms with van der Waals surface area (Å²) in [5.74, 6) is 0.576. The highest BCUT2D eigenvalue weighted by Crippen LogP contribution is 2.26. The standard InChI is InChI=1S/C15H23F3N2O/c1-10(2)20(9-15(16,17)18)8-13-7-12(11(3)19)5-6-14(13)21-4/h5-7,10-11H,8-9,19H2,1-4H3. The van der Waals surface area contributed by atoms with Gasteiger partial charge in [0, 0.05) is 24.2 Å². The average molecular weight is 304 g/mol. The molecule has 6 heteroatoms. The van der Waals surface area contributed by atoms with Gasteiger partial charge in [-0.15, -0.1) is 0 Å². The predicted octanol–water partition coefficient (Wildman–Crippen LogP) is 3.49. The second kappa shape index (κ2) is 7.13. The first-order valence-electron chi connectivity index (χ1n) is 6.87. The number of ether oxygens (including phenoxy) is 1. The van der Waals surface area contributed by atoms with Crippen molar-refractivity contribution in [2.45, 2.75) is 45.6 Å². The number of methoxy groups -OCH3 is 1. The molecule has 0 aliphatic heterocycles. The molecule has 0 spiro atoms. The van der Waals surface area contributed by atoms with E-state index in [0.29, 0.717) is 11.3 Å². The molecule has 120 valence electrons. The lowest BCUT2D eigenvalue weighted by Crippen LogP contribution is -2.38. The Morgan fingerprint density at radius 1 is 1.24 bits per heavy atom. The molecule has 0 radical (unpaired) electrons. The van der Waals surface area contributed by atoms with Crippen molar-refractivity contribution in [1.29, 1.82) is 0 Å². The summed E-state index contributed by atoms with van der Waals surface area (Å²) in [6.45, 7) is 4.54. The van der Waals surface area contributed by atoms with E-state index in [1.54, 1.807) is 19.9 Å². The first-order chi connectivity index (χ1) is 9.64. The molecule has 0 aliphatic carbocycles. The summed E-state index contributed by atoms with van der Waals surface area (Å²) in [4.78, 5) is 1.36. The van der Waals surface area contributed by atoms with Crippen molar-refractivity contribution >= 4 is 0 Å². The Hall–Kier alpha value is -1.27. The molecule has 0 aliphatic rings. The summed E-state index contributed by atoms with van der Waals surface area (Å²) in [5, 5.41) is 0. The third kappa shape index (κ3) is 5.55. The Balaban J connectivity index is 3.04. The monoisotopic (exact) mass is 304 g/mol. The van der Waals surface area contributed by atoms with Gasteiger partial charge in [0.05, 0.1) is 13.7 Å². The fourth-order valence-corrected chi connectivity index (χ4v) is 2.08. The van der Waals surface area contributed by atoms with Gasteiger partial charge in [-0.2, -0.15) is 13.2 Å². The summed E-state index contributed by atoms with van der Waals surface area (Å²) in [6, 6.07) is 4.99. The van der Waals surface area contributed by atoms with Crippen LogP contribution in [0.5, 0.6) is 5.75 Å². The molecule has 21 heavy (non-hydrogen) atoms. The third-order valence-corrected chi connectivity index (χ3v) is 3.32. The highest BCUT2D eigenvalue weighted by molar-refractivity contribution is 5.38. The molecule has 0 aromatic heterocycles. The van der Waals surface area contributed by atoms with Crippen molar-refractivity contribution in [3.8, 4) is 5.75 Å². The number of halogens is 3. The topological polar surface area (TPSA) is 38.5 Å². The highest BCUT2D eigenvalue weighted by atomic mass is 19.4. The van der Waals surface area contributed by atoms with E-state index in [0.717, 1.165) is 5.56 Å². The van der Waals surface area contributed by atoms with Gasteiger partial charge in [-0.3, -0.25) is 4.90 Å². The lowest BCUT2D eigenvalue weighted by Gasteiger charge is -2.28. The van der Waals surface area contributed by atoms with Crippen molar-refractivity contribution in [2.75, 3.05) is 13.7 Å². The molecule has 0 bridgehead atoms. The molecule has 2 N–H and O–H groups in total. The second-order valence-electron chi connectivity index (χ2n) is 5.47. The maximum absolute atomic E-state index is 12.7.